The first kappa shape index (κ1) is 10.9. The van der Waals surface area contributed by atoms with Crippen LogP contribution in [-0.4, -0.2) is 42.8 Å². The highest BCUT2D eigenvalue weighted by Gasteiger charge is 2.58. The normalized spacial score (nSPS) is 48.8. The van der Waals surface area contributed by atoms with Crippen molar-refractivity contribution in [3.05, 3.63) is 0 Å². The third-order valence-corrected chi connectivity index (χ3v) is 3.10. The third kappa shape index (κ3) is 1.67. The first-order chi connectivity index (χ1) is 7.36. The van der Waals surface area contributed by atoms with Crippen molar-refractivity contribution < 1.29 is 23.7 Å². The Morgan fingerprint density at radius 2 is 1.56 bits per heavy atom. The zero-order chi connectivity index (χ0) is 11.6. The first-order valence-corrected chi connectivity index (χ1v) is 5.69. The molecule has 0 amide bonds. The van der Waals surface area contributed by atoms with E-state index in [9.17, 15) is 0 Å². The van der Waals surface area contributed by atoms with E-state index in [1.54, 1.807) is 0 Å². The maximum atomic E-state index is 5.85. The molecule has 0 N–H and O–H groups in total. The van der Waals surface area contributed by atoms with Gasteiger partial charge in [0, 0.05) is 0 Å². The second kappa shape index (κ2) is 3.17. The summed E-state index contributed by atoms with van der Waals surface area (Å²) < 4.78 is 28.6. The van der Waals surface area contributed by atoms with Crippen LogP contribution in [-0.2, 0) is 23.7 Å². The third-order valence-electron chi connectivity index (χ3n) is 3.10. The fourth-order valence-electron chi connectivity index (χ4n) is 2.47. The predicted octanol–water partition coefficient (Wildman–Crippen LogP) is 1.01. The van der Waals surface area contributed by atoms with Crippen LogP contribution in [0.2, 0.25) is 0 Å². The second-order valence-corrected chi connectivity index (χ2v) is 5.44. The molecule has 5 heteroatoms. The van der Waals surface area contributed by atoms with Crippen LogP contribution >= 0.6 is 0 Å². The minimum absolute atomic E-state index is 0.0841. The predicted molar refractivity (Wildman–Crippen MR) is 53.6 cm³/mol. The molecule has 1 unspecified atom stereocenters. The van der Waals surface area contributed by atoms with E-state index in [-0.39, 0.29) is 24.6 Å². The van der Waals surface area contributed by atoms with Gasteiger partial charge in [-0.2, -0.15) is 0 Å². The van der Waals surface area contributed by atoms with Gasteiger partial charge in [0.1, 0.15) is 18.3 Å². The zero-order valence-electron chi connectivity index (χ0n) is 10.1. The fourth-order valence-corrected chi connectivity index (χ4v) is 2.47. The molecule has 0 aliphatic carbocycles. The summed E-state index contributed by atoms with van der Waals surface area (Å²) in [4.78, 5) is 0. The molecule has 3 rings (SSSR count). The number of rotatable bonds is 0. The Morgan fingerprint density at radius 1 is 0.875 bits per heavy atom. The topological polar surface area (TPSA) is 46.2 Å². The van der Waals surface area contributed by atoms with Gasteiger partial charge in [-0.25, -0.2) is 0 Å². The van der Waals surface area contributed by atoms with Crippen LogP contribution in [0.4, 0.5) is 0 Å². The molecule has 0 aromatic heterocycles. The van der Waals surface area contributed by atoms with Crippen LogP contribution < -0.4 is 0 Å². The second-order valence-electron chi connectivity index (χ2n) is 5.44. The van der Waals surface area contributed by atoms with Crippen molar-refractivity contribution in [3.8, 4) is 0 Å². The highest BCUT2D eigenvalue weighted by molar-refractivity contribution is 4.96. The van der Waals surface area contributed by atoms with E-state index in [1.807, 2.05) is 27.7 Å². The minimum atomic E-state index is -0.591. The zero-order valence-corrected chi connectivity index (χ0v) is 10.1. The van der Waals surface area contributed by atoms with Crippen molar-refractivity contribution in [2.24, 2.45) is 0 Å². The van der Waals surface area contributed by atoms with Gasteiger partial charge in [-0.15, -0.1) is 0 Å². The molecule has 0 aromatic carbocycles. The smallest absolute Gasteiger partial charge is 0.190 e. The Morgan fingerprint density at radius 3 is 2.31 bits per heavy atom. The SMILES string of the molecule is CC1(C)OC[C@H]2OC3OC(C)(C)O[C@@H]3[C@H]2O1. The lowest BCUT2D eigenvalue weighted by molar-refractivity contribution is -0.319. The summed E-state index contributed by atoms with van der Waals surface area (Å²) >= 11 is 0. The summed E-state index contributed by atoms with van der Waals surface area (Å²) in [6.45, 7) is 8.09. The summed E-state index contributed by atoms with van der Waals surface area (Å²) in [6, 6.07) is 0. The Kier molecular flexibility index (Phi) is 2.17. The maximum absolute atomic E-state index is 5.85. The molecular weight excluding hydrogens is 212 g/mol. The van der Waals surface area contributed by atoms with Gasteiger partial charge >= 0.3 is 0 Å². The molecular formula is C11H18O5. The van der Waals surface area contributed by atoms with Gasteiger partial charge in [0.15, 0.2) is 17.9 Å². The van der Waals surface area contributed by atoms with Gasteiger partial charge in [0.25, 0.3) is 0 Å². The molecule has 3 fully saturated rings. The van der Waals surface area contributed by atoms with Gasteiger partial charge in [-0.3, -0.25) is 0 Å². The summed E-state index contributed by atoms with van der Waals surface area (Å²) in [7, 11) is 0. The fraction of sp³-hybridized carbons (Fsp3) is 1.00. The van der Waals surface area contributed by atoms with Crippen molar-refractivity contribution in [2.45, 2.75) is 63.9 Å². The summed E-state index contributed by atoms with van der Waals surface area (Å²) in [5.74, 6) is -1.17. The molecule has 3 aliphatic heterocycles. The maximum Gasteiger partial charge on any atom is 0.190 e. The van der Waals surface area contributed by atoms with Crippen LogP contribution in [0.1, 0.15) is 27.7 Å². The van der Waals surface area contributed by atoms with E-state index in [4.69, 9.17) is 23.7 Å². The van der Waals surface area contributed by atoms with E-state index in [1.165, 1.54) is 0 Å². The average molecular weight is 230 g/mol. The van der Waals surface area contributed by atoms with Crippen LogP contribution in [0.5, 0.6) is 0 Å². The summed E-state index contributed by atoms with van der Waals surface area (Å²) in [6.07, 6.45) is -0.666. The van der Waals surface area contributed by atoms with Crippen LogP contribution in [0, 0.1) is 0 Å². The molecule has 0 bridgehead atoms. The van der Waals surface area contributed by atoms with Crippen molar-refractivity contribution >= 4 is 0 Å². The molecule has 0 radical (unpaired) electrons. The molecule has 92 valence electrons. The molecule has 3 saturated heterocycles. The lowest BCUT2D eigenvalue weighted by Crippen LogP contribution is -2.50. The number of hydrogen-bond donors (Lipinski definition) is 0. The van der Waals surface area contributed by atoms with Crippen molar-refractivity contribution in [1.29, 1.82) is 0 Å². The van der Waals surface area contributed by atoms with E-state index in [0.717, 1.165) is 0 Å². The molecule has 3 heterocycles. The molecule has 4 atom stereocenters. The number of hydrogen-bond acceptors (Lipinski definition) is 5. The van der Waals surface area contributed by atoms with Crippen LogP contribution in [0.3, 0.4) is 0 Å². The number of fused-ring (bicyclic) bond motifs is 3. The quantitative estimate of drug-likeness (QED) is 0.621. The van der Waals surface area contributed by atoms with Crippen LogP contribution in [0.25, 0.3) is 0 Å². The molecule has 16 heavy (non-hydrogen) atoms. The van der Waals surface area contributed by atoms with Gasteiger partial charge in [-0.1, -0.05) is 0 Å². The lowest BCUT2D eigenvalue weighted by Gasteiger charge is -2.38. The molecule has 0 aromatic rings. The molecule has 0 spiro atoms. The lowest BCUT2D eigenvalue weighted by atomic mass is 10.1. The van der Waals surface area contributed by atoms with Gasteiger partial charge < -0.3 is 23.7 Å². The monoisotopic (exact) mass is 230 g/mol. The molecule has 5 nitrogen and oxygen atoms in total. The van der Waals surface area contributed by atoms with Crippen molar-refractivity contribution in [2.75, 3.05) is 6.61 Å². The standard InChI is InChI=1S/C11H18O5/c1-10(2)12-5-6-7(14-10)8-9(13-6)16-11(3,4)15-8/h6-9H,5H2,1-4H3/t6-,7+,8-,9?/m1/s1. The Labute approximate surface area is 94.9 Å². The van der Waals surface area contributed by atoms with E-state index in [0.29, 0.717) is 6.61 Å². The summed E-state index contributed by atoms with van der Waals surface area (Å²) in [5, 5.41) is 0. The van der Waals surface area contributed by atoms with Crippen molar-refractivity contribution in [1.82, 2.24) is 0 Å². The number of ether oxygens (including phenoxy) is 5. The molecule has 0 saturated carbocycles. The first-order valence-electron chi connectivity index (χ1n) is 5.69. The molecule has 3 aliphatic rings. The average Bonchev–Trinajstić information content (AvgIpc) is 2.57. The Bertz CT molecular complexity index is 301. The Balaban J connectivity index is 1.78. The van der Waals surface area contributed by atoms with Crippen LogP contribution in [0.15, 0.2) is 0 Å². The van der Waals surface area contributed by atoms with Gasteiger partial charge in [0.2, 0.25) is 0 Å². The minimum Gasteiger partial charge on any atom is -0.348 e. The van der Waals surface area contributed by atoms with Gasteiger partial charge in [0.05, 0.1) is 6.61 Å². The Hall–Kier alpha value is -0.200. The van der Waals surface area contributed by atoms with E-state index in [2.05, 4.69) is 0 Å². The van der Waals surface area contributed by atoms with E-state index >= 15 is 0 Å². The largest absolute Gasteiger partial charge is 0.348 e. The highest BCUT2D eigenvalue weighted by atomic mass is 16.9. The van der Waals surface area contributed by atoms with Gasteiger partial charge in [-0.05, 0) is 27.7 Å². The highest BCUT2D eigenvalue weighted by Crippen LogP contribution is 2.42. The van der Waals surface area contributed by atoms with E-state index < -0.39 is 11.6 Å². The summed E-state index contributed by atoms with van der Waals surface area (Å²) in [5.41, 5.74) is 0. The van der Waals surface area contributed by atoms with Crippen molar-refractivity contribution in [3.63, 3.8) is 0 Å².